The van der Waals surface area contributed by atoms with Crippen LogP contribution in [0.25, 0.3) is 10.9 Å². The lowest BCUT2D eigenvalue weighted by Crippen LogP contribution is -2.54. The number of nitrogens with zero attached hydrogens (tertiary/aromatic N) is 3. The molecule has 0 saturated carbocycles. The minimum atomic E-state index is 0.0609. The average molecular weight is 312 g/mol. The lowest BCUT2D eigenvalue weighted by Gasteiger charge is -2.44. The highest BCUT2D eigenvalue weighted by atomic mass is 16.5. The molecule has 6 nitrogen and oxygen atoms in total. The van der Waals surface area contributed by atoms with Crippen LogP contribution in [0.3, 0.4) is 0 Å². The van der Waals surface area contributed by atoms with Gasteiger partial charge in [0.25, 0.3) is 5.91 Å². The van der Waals surface area contributed by atoms with E-state index < -0.39 is 0 Å². The van der Waals surface area contributed by atoms with E-state index in [9.17, 15) is 4.79 Å². The van der Waals surface area contributed by atoms with Gasteiger partial charge in [-0.2, -0.15) is 5.10 Å². The number of methoxy groups -OCH3 is 1. The number of likely N-dealkylation sites (tertiary alicyclic amines) is 1. The van der Waals surface area contributed by atoms with Crippen molar-refractivity contribution in [1.29, 1.82) is 0 Å². The first-order valence-corrected chi connectivity index (χ1v) is 8.30. The molecular formula is C17H20N4O2. The number of carbonyl (C=O) groups is 1. The van der Waals surface area contributed by atoms with E-state index in [2.05, 4.69) is 20.0 Å². The third-order valence-corrected chi connectivity index (χ3v) is 5.88. The fourth-order valence-electron chi connectivity index (χ4n) is 4.76. The van der Waals surface area contributed by atoms with Crippen LogP contribution in [0.1, 0.15) is 16.9 Å². The highest BCUT2D eigenvalue weighted by molar-refractivity contribution is 6.05. The van der Waals surface area contributed by atoms with E-state index in [1.165, 1.54) is 13.0 Å². The molecule has 0 spiro atoms. The summed E-state index contributed by atoms with van der Waals surface area (Å²) in [5.74, 6) is 2.14. The second-order valence-corrected chi connectivity index (χ2v) is 6.98. The van der Waals surface area contributed by atoms with Crippen molar-refractivity contribution >= 4 is 16.8 Å². The average Bonchev–Trinajstić information content (AvgIpc) is 3.13. The van der Waals surface area contributed by atoms with Crippen molar-refractivity contribution in [3.63, 3.8) is 0 Å². The number of benzene rings is 1. The monoisotopic (exact) mass is 312 g/mol. The summed E-state index contributed by atoms with van der Waals surface area (Å²) >= 11 is 0. The Hall–Kier alpha value is -2.08. The van der Waals surface area contributed by atoms with Gasteiger partial charge in [0.2, 0.25) is 0 Å². The van der Waals surface area contributed by atoms with E-state index in [-0.39, 0.29) is 5.91 Å². The first-order valence-electron chi connectivity index (χ1n) is 8.30. The molecule has 4 atom stereocenters. The van der Waals surface area contributed by atoms with E-state index in [1.54, 1.807) is 7.11 Å². The molecule has 4 saturated heterocycles. The standard InChI is InChI=1S/C17H20N4O2/c1-23-11-2-3-14-13(6-11)16(19-18-14)17(22)21-8-10-7-20-5-4-12(10)15(21)9-20/h2-3,6,10,12,15H,4-5,7-9H2,1H3,(H,18,19)/t10-,12-,15-/m0/s1. The number of piperidine rings is 3. The van der Waals surface area contributed by atoms with Gasteiger partial charge in [0, 0.05) is 31.1 Å². The van der Waals surface area contributed by atoms with Gasteiger partial charge in [-0.1, -0.05) is 0 Å². The molecule has 4 aliphatic rings. The Bertz CT molecular complexity index is 786. The molecule has 120 valence electrons. The zero-order valence-electron chi connectivity index (χ0n) is 13.2. The van der Waals surface area contributed by atoms with Crippen LogP contribution < -0.4 is 4.74 Å². The Morgan fingerprint density at radius 1 is 1.35 bits per heavy atom. The highest BCUT2D eigenvalue weighted by Crippen LogP contribution is 2.42. The fourth-order valence-corrected chi connectivity index (χ4v) is 4.76. The number of H-pyrrole nitrogens is 1. The topological polar surface area (TPSA) is 61.5 Å². The van der Waals surface area contributed by atoms with Crippen LogP contribution in [0.2, 0.25) is 0 Å². The van der Waals surface area contributed by atoms with Gasteiger partial charge < -0.3 is 14.5 Å². The molecule has 1 N–H and O–H groups in total. The SMILES string of the molecule is COc1ccc2[nH]nc(C(=O)N3C[C@@H]4CN5CC[C@@H]4[C@@H]3C5)c2c1. The predicted octanol–water partition coefficient (Wildman–Crippen LogP) is 1.35. The molecule has 23 heavy (non-hydrogen) atoms. The summed E-state index contributed by atoms with van der Waals surface area (Å²) in [4.78, 5) is 17.7. The van der Waals surface area contributed by atoms with Gasteiger partial charge in [-0.3, -0.25) is 9.89 Å². The van der Waals surface area contributed by atoms with Crippen LogP contribution in [0.15, 0.2) is 18.2 Å². The summed E-state index contributed by atoms with van der Waals surface area (Å²) in [5, 5.41) is 8.13. The Kier molecular flexibility index (Phi) is 2.74. The number of hydrogen-bond donors (Lipinski definition) is 1. The molecule has 4 fully saturated rings. The third kappa shape index (κ3) is 1.84. The predicted molar refractivity (Wildman–Crippen MR) is 85.5 cm³/mol. The molecule has 4 aliphatic heterocycles. The van der Waals surface area contributed by atoms with Crippen LogP contribution >= 0.6 is 0 Å². The zero-order chi connectivity index (χ0) is 15.6. The Morgan fingerprint density at radius 3 is 3.04 bits per heavy atom. The van der Waals surface area contributed by atoms with Crippen LogP contribution in [0, 0.1) is 11.8 Å². The van der Waals surface area contributed by atoms with Crippen molar-refractivity contribution in [1.82, 2.24) is 20.0 Å². The lowest BCUT2D eigenvalue weighted by molar-refractivity contribution is 0.0420. The minimum Gasteiger partial charge on any atom is -0.497 e. The summed E-state index contributed by atoms with van der Waals surface area (Å²) in [7, 11) is 1.64. The van der Waals surface area contributed by atoms with E-state index in [0.717, 1.165) is 36.3 Å². The third-order valence-electron chi connectivity index (χ3n) is 5.88. The minimum absolute atomic E-state index is 0.0609. The maximum Gasteiger partial charge on any atom is 0.275 e. The number of hydrogen-bond acceptors (Lipinski definition) is 4. The second-order valence-electron chi connectivity index (χ2n) is 6.98. The normalized spacial score (nSPS) is 31.8. The van der Waals surface area contributed by atoms with E-state index >= 15 is 0 Å². The van der Waals surface area contributed by atoms with Crippen molar-refractivity contribution in [3.8, 4) is 5.75 Å². The number of amides is 1. The van der Waals surface area contributed by atoms with Crippen LogP contribution in [-0.2, 0) is 0 Å². The van der Waals surface area contributed by atoms with Crippen molar-refractivity contribution < 1.29 is 9.53 Å². The molecule has 2 aromatic rings. The summed E-state index contributed by atoms with van der Waals surface area (Å²) in [6, 6.07) is 6.05. The van der Waals surface area contributed by atoms with E-state index in [0.29, 0.717) is 23.6 Å². The van der Waals surface area contributed by atoms with E-state index in [4.69, 9.17) is 4.74 Å². The van der Waals surface area contributed by atoms with Crippen molar-refractivity contribution in [2.24, 2.45) is 11.8 Å². The molecule has 6 rings (SSSR count). The summed E-state index contributed by atoms with van der Waals surface area (Å²) in [6.45, 7) is 4.25. The molecule has 1 aromatic heterocycles. The molecule has 5 heterocycles. The number of fused-ring (bicyclic) bond motifs is 2. The van der Waals surface area contributed by atoms with Gasteiger partial charge >= 0.3 is 0 Å². The first kappa shape index (κ1) is 13.4. The van der Waals surface area contributed by atoms with Gasteiger partial charge in [-0.15, -0.1) is 0 Å². The number of carbonyl (C=O) groups excluding carboxylic acids is 1. The van der Waals surface area contributed by atoms with Gasteiger partial charge in [-0.25, -0.2) is 0 Å². The lowest BCUT2D eigenvalue weighted by atomic mass is 9.80. The maximum absolute atomic E-state index is 13.1. The largest absolute Gasteiger partial charge is 0.497 e. The van der Waals surface area contributed by atoms with Gasteiger partial charge in [0.05, 0.1) is 12.6 Å². The highest BCUT2D eigenvalue weighted by Gasteiger charge is 2.51. The Balaban J connectivity index is 1.51. The van der Waals surface area contributed by atoms with Crippen LogP contribution in [0.4, 0.5) is 0 Å². The molecule has 1 amide bonds. The van der Waals surface area contributed by atoms with Gasteiger partial charge in [0.1, 0.15) is 5.75 Å². The molecule has 1 unspecified atom stereocenters. The van der Waals surface area contributed by atoms with Crippen LogP contribution in [-0.4, -0.2) is 65.2 Å². The summed E-state index contributed by atoms with van der Waals surface area (Å²) in [5.41, 5.74) is 1.40. The number of aromatic amines is 1. The molecule has 1 aromatic carbocycles. The fraction of sp³-hybridized carbons (Fsp3) is 0.529. The van der Waals surface area contributed by atoms with Crippen molar-refractivity contribution in [2.45, 2.75) is 12.5 Å². The number of aromatic nitrogens is 2. The number of ether oxygens (including phenoxy) is 1. The van der Waals surface area contributed by atoms with Crippen molar-refractivity contribution in [2.75, 3.05) is 33.3 Å². The Morgan fingerprint density at radius 2 is 2.26 bits per heavy atom. The van der Waals surface area contributed by atoms with Gasteiger partial charge in [0.15, 0.2) is 5.69 Å². The first-order chi connectivity index (χ1) is 11.2. The summed E-state index contributed by atoms with van der Waals surface area (Å²) < 4.78 is 5.29. The molecule has 4 bridgehead atoms. The van der Waals surface area contributed by atoms with E-state index in [1.807, 2.05) is 18.2 Å². The second kappa shape index (κ2) is 4.71. The molecule has 0 radical (unpaired) electrons. The number of rotatable bonds is 2. The summed E-state index contributed by atoms with van der Waals surface area (Å²) in [6.07, 6.45) is 1.23. The molecular weight excluding hydrogens is 292 g/mol. The molecule has 6 heteroatoms. The van der Waals surface area contributed by atoms with Gasteiger partial charge in [-0.05, 0) is 43.0 Å². The maximum atomic E-state index is 13.1. The Labute approximate surface area is 134 Å². The molecule has 0 aliphatic carbocycles. The quantitative estimate of drug-likeness (QED) is 0.909. The number of nitrogens with one attached hydrogen (secondary N) is 1. The smallest absolute Gasteiger partial charge is 0.275 e. The van der Waals surface area contributed by atoms with Crippen LogP contribution in [0.5, 0.6) is 5.75 Å². The zero-order valence-corrected chi connectivity index (χ0v) is 13.2. The van der Waals surface area contributed by atoms with Crippen molar-refractivity contribution in [3.05, 3.63) is 23.9 Å².